The Balaban J connectivity index is 1.18. The number of benzene rings is 2. The van der Waals surface area contributed by atoms with E-state index < -0.39 is 0 Å². The smallest absolute Gasteiger partial charge is 0.321 e. The summed E-state index contributed by atoms with van der Waals surface area (Å²) in [6.07, 6.45) is 0. The summed E-state index contributed by atoms with van der Waals surface area (Å²) in [6, 6.07) is 16.7. The zero-order valence-corrected chi connectivity index (χ0v) is 18.1. The van der Waals surface area contributed by atoms with Crippen LogP contribution in [0.2, 0.25) is 5.02 Å². The average molecular weight is 452 g/mol. The Kier molecular flexibility index (Phi) is 5.68. The third kappa shape index (κ3) is 4.27. The van der Waals surface area contributed by atoms with Gasteiger partial charge in [0.15, 0.2) is 17.3 Å². The van der Waals surface area contributed by atoms with Crippen molar-refractivity contribution < 1.29 is 14.3 Å². The predicted octanol–water partition coefficient (Wildman–Crippen LogP) is 3.92. The molecule has 5 rings (SSSR count). The van der Waals surface area contributed by atoms with Crippen LogP contribution in [0.25, 0.3) is 11.3 Å². The molecule has 3 aromatic rings. The highest BCUT2D eigenvalue weighted by molar-refractivity contribution is 6.33. The first-order valence-corrected chi connectivity index (χ1v) is 10.8. The first-order valence-electron chi connectivity index (χ1n) is 10.5. The topological polar surface area (TPSA) is 79.8 Å². The molecule has 0 saturated carbocycles. The lowest BCUT2D eigenvalue weighted by Gasteiger charge is -2.35. The lowest BCUT2D eigenvalue weighted by Crippen LogP contribution is -2.50. The number of urea groups is 1. The van der Waals surface area contributed by atoms with Crippen LogP contribution in [0.4, 0.5) is 16.3 Å². The molecule has 1 saturated heterocycles. The SMILES string of the molecule is O=C(Nc1ccc2c(c1)OCCO2)N1CCN(c2ccc(-c3ccccc3Cl)nn2)CC1. The number of piperazine rings is 1. The van der Waals surface area contributed by atoms with Crippen molar-refractivity contribution in [3.63, 3.8) is 0 Å². The molecule has 32 heavy (non-hydrogen) atoms. The summed E-state index contributed by atoms with van der Waals surface area (Å²) in [6.45, 7) is 3.57. The predicted molar refractivity (Wildman–Crippen MR) is 123 cm³/mol. The van der Waals surface area contributed by atoms with Crippen LogP contribution >= 0.6 is 11.6 Å². The quantitative estimate of drug-likeness (QED) is 0.650. The Labute approximate surface area is 190 Å². The molecule has 0 unspecified atom stereocenters. The van der Waals surface area contributed by atoms with Crippen LogP contribution in [-0.2, 0) is 0 Å². The minimum atomic E-state index is -0.138. The van der Waals surface area contributed by atoms with E-state index in [-0.39, 0.29) is 6.03 Å². The van der Waals surface area contributed by atoms with Gasteiger partial charge in [0.2, 0.25) is 0 Å². The molecule has 9 heteroatoms. The van der Waals surface area contributed by atoms with Crippen LogP contribution in [0.3, 0.4) is 0 Å². The number of rotatable bonds is 3. The highest BCUT2D eigenvalue weighted by atomic mass is 35.5. The molecule has 0 spiro atoms. The molecular formula is C23H22ClN5O3. The highest BCUT2D eigenvalue weighted by Crippen LogP contribution is 2.32. The summed E-state index contributed by atoms with van der Waals surface area (Å²) < 4.78 is 11.1. The minimum absolute atomic E-state index is 0.138. The van der Waals surface area contributed by atoms with Crippen molar-refractivity contribution in [2.75, 3.05) is 49.6 Å². The van der Waals surface area contributed by atoms with Gasteiger partial charge in [0.25, 0.3) is 0 Å². The van der Waals surface area contributed by atoms with Crippen LogP contribution in [-0.4, -0.2) is 60.5 Å². The summed E-state index contributed by atoms with van der Waals surface area (Å²) >= 11 is 6.25. The third-order valence-corrected chi connectivity index (χ3v) is 5.81. The second kappa shape index (κ2) is 8.92. The molecule has 8 nitrogen and oxygen atoms in total. The van der Waals surface area contributed by atoms with Gasteiger partial charge < -0.3 is 24.6 Å². The maximum Gasteiger partial charge on any atom is 0.321 e. The molecule has 2 amide bonds. The van der Waals surface area contributed by atoms with Crippen LogP contribution < -0.4 is 19.7 Å². The fourth-order valence-electron chi connectivity index (χ4n) is 3.77. The van der Waals surface area contributed by atoms with E-state index in [0.717, 1.165) is 17.1 Å². The first-order chi connectivity index (χ1) is 15.7. The summed E-state index contributed by atoms with van der Waals surface area (Å²) in [5, 5.41) is 12.3. The van der Waals surface area contributed by atoms with Gasteiger partial charge in [0.1, 0.15) is 13.2 Å². The molecule has 1 fully saturated rings. The minimum Gasteiger partial charge on any atom is -0.486 e. The second-order valence-electron chi connectivity index (χ2n) is 7.52. The summed E-state index contributed by atoms with van der Waals surface area (Å²) in [5.41, 5.74) is 2.27. The summed E-state index contributed by atoms with van der Waals surface area (Å²) in [5.74, 6) is 2.13. The molecule has 0 atom stereocenters. The Morgan fingerprint density at radius 3 is 2.44 bits per heavy atom. The molecule has 2 aliphatic rings. The molecule has 164 valence electrons. The number of hydrogen-bond donors (Lipinski definition) is 1. The van der Waals surface area contributed by atoms with Crippen LogP contribution in [0.5, 0.6) is 11.5 Å². The number of fused-ring (bicyclic) bond motifs is 1. The first kappa shape index (κ1) is 20.4. The Hall–Kier alpha value is -3.52. The van der Waals surface area contributed by atoms with Gasteiger partial charge in [-0.25, -0.2) is 4.79 Å². The van der Waals surface area contributed by atoms with Crippen molar-refractivity contribution in [2.45, 2.75) is 0 Å². The van der Waals surface area contributed by atoms with E-state index in [2.05, 4.69) is 20.4 Å². The fraction of sp³-hybridized carbons (Fsp3) is 0.261. The van der Waals surface area contributed by atoms with Crippen molar-refractivity contribution in [1.82, 2.24) is 15.1 Å². The standard InChI is InChI=1S/C23H22ClN5O3/c24-18-4-2-1-3-17(18)19-6-8-22(27-26-19)28-9-11-29(12-10-28)23(30)25-16-5-7-20-21(15-16)32-14-13-31-20/h1-8,15H,9-14H2,(H,25,30). The van der Waals surface area contributed by atoms with Crippen LogP contribution in [0, 0.1) is 0 Å². The van der Waals surface area contributed by atoms with Gasteiger partial charge in [0.05, 0.1) is 10.7 Å². The number of carbonyl (C=O) groups excluding carboxylic acids is 1. The summed E-state index contributed by atoms with van der Waals surface area (Å²) in [7, 11) is 0. The van der Waals surface area contributed by atoms with Crippen molar-refractivity contribution in [2.24, 2.45) is 0 Å². The van der Waals surface area contributed by atoms with Gasteiger partial charge in [-0.1, -0.05) is 29.8 Å². The zero-order chi connectivity index (χ0) is 21.9. The van der Waals surface area contributed by atoms with Gasteiger partial charge in [-0.05, 0) is 30.3 Å². The summed E-state index contributed by atoms with van der Waals surface area (Å²) in [4.78, 5) is 16.6. The number of amides is 2. The molecule has 1 aromatic heterocycles. The lowest BCUT2D eigenvalue weighted by atomic mass is 10.1. The number of halogens is 1. The van der Waals surface area contributed by atoms with E-state index in [1.165, 1.54) is 0 Å². The van der Waals surface area contributed by atoms with Gasteiger partial charge in [-0.3, -0.25) is 0 Å². The number of aromatic nitrogens is 2. The maximum atomic E-state index is 12.7. The number of hydrogen-bond acceptors (Lipinski definition) is 6. The molecule has 0 radical (unpaired) electrons. The van der Waals surface area contributed by atoms with Crippen molar-refractivity contribution in [1.29, 1.82) is 0 Å². The second-order valence-corrected chi connectivity index (χ2v) is 7.93. The van der Waals surface area contributed by atoms with E-state index in [0.29, 0.717) is 61.6 Å². The highest BCUT2D eigenvalue weighted by Gasteiger charge is 2.23. The maximum absolute atomic E-state index is 12.7. The zero-order valence-electron chi connectivity index (χ0n) is 17.3. The molecule has 0 aliphatic carbocycles. The largest absolute Gasteiger partial charge is 0.486 e. The van der Waals surface area contributed by atoms with Gasteiger partial charge in [-0.15, -0.1) is 10.2 Å². The number of nitrogens with one attached hydrogen (secondary N) is 1. The molecule has 2 aromatic carbocycles. The number of carbonyl (C=O) groups is 1. The molecule has 1 N–H and O–H groups in total. The molecule has 2 aliphatic heterocycles. The average Bonchev–Trinajstić information content (AvgIpc) is 2.84. The van der Waals surface area contributed by atoms with E-state index in [4.69, 9.17) is 21.1 Å². The van der Waals surface area contributed by atoms with Gasteiger partial charge in [0, 0.05) is 43.5 Å². The van der Waals surface area contributed by atoms with Crippen molar-refractivity contribution in [3.05, 3.63) is 59.6 Å². The van der Waals surface area contributed by atoms with Crippen molar-refractivity contribution in [3.8, 4) is 22.8 Å². The molecular weight excluding hydrogens is 430 g/mol. The van der Waals surface area contributed by atoms with Crippen LogP contribution in [0.15, 0.2) is 54.6 Å². The number of ether oxygens (including phenoxy) is 2. The van der Waals surface area contributed by atoms with E-state index >= 15 is 0 Å². The molecule has 0 bridgehead atoms. The van der Waals surface area contributed by atoms with Crippen molar-refractivity contribution >= 4 is 29.1 Å². The van der Waals surface area contributed by atoms with Gasteiger partial charge >= 0.3 is 6.03 Å². The van der Waals surface area contributed by atoms with Crippen LogP contribution in [0.1, 0.15) is 0 Å². The number of anilines is 2. The fourth-order valence-corrected chi connectivity index (χ4v) is 4.00. The van der Waals surface area contributed by atoms with E-state index in [1.807, 2.05) is 48.5 Å². The van der Waals surface area contributed by atoms with E-state index in [1.54, 1.807) is 11.0 Å². The van der Waals surface area contributed by atoms with E-state index in [9.17, 15) is 4.79 Å². The Morgan fingerprint density at radius 1 is 0.906 bits per heavy atom. The van der Waals surface area contributed by atoms with Gasteiger partial charge in [-0.2, -0.15) is 0 Å². The molecule has 3 heterocycles. The normalized spacial score (nSPS) is 15.4. The lowest BCUT2D eigenvalue weighted by molar-refractivity contribution is 0.171. The third-order valence-electron chi connectivity index (χ3n) is 5.48. The Bertz CT molecular complexity index is 1120. The Morgan fingerprint density at radius 2 is 1.69 bits per heavy atom. The monoisotopic (exact) mass is 451 g/mol. The number of nitrogens with zero attached hydrogens (tertiary/aromatic N) is 4.